The molecular weight excluding hydrogens is 484 g/mol. The quantitative estimate of drug-likeness (QED) is 0.559. The topological polar surface area (TPSA) is 81.1 Å². The highest BCUT2D eigenvalue weighted by molar-refractivity contribution is 5.73. The van der Waals surface area contributed by atoms with Crippen molar-refractivity contribution in [2.75, 3.05) is 39.8 Å². The van der Waals surface area contributed by atoms with Gasteiger partial charge in [0.05, 0.1) is 0 Å². The van der Waals surface area contributed by atoms with Crippen molar-refractivity contribution in [3.8, 4) is 0 Å². The molecule has 0 aliphatic carbocycles. The zero-order chi connectivity index (χ0) is 26.5. The molecule has 1 saturated heterocycles. The first-order valence-electron chi connectivity index (χ1n) is 9.99. The van der Waals surface area contributed by atoms with E-state index in [9.17, 15) is 35.1 Å². The van der Waals surface area contributed by atoms with Crippen LogP contribution in [0.5, 0.6) is 0 Å². The van der Waals surface area contributed by atoms with Gasteiger partial charge < -0.3 is 20.0 Å². The molecule has 2 rings (SSSR count). The Morgan fingerprint density at radius 1 is 0.882 bits per heavy atom. The first kappa shape index (κ1) is 31.5. The van der Waals surface area contributed by atoms with E-state index in [2.05, 4.69) is 16.8 Å². The van der Waals surface area contributed by atoms with Crippen LogP contribution in [0.25, 0.3) is 0 Å². The first-order chi connectivity index (χ1) is 15.5. The number of likely N-dealkylation sites (tertiary alicyclic amines) is 1. The lowest BCUT2D eigenvalue weighted by Crippen LogP contribution is -2.37. The van der Waals surface area contributed by atoms with Crippen LogP contribution in [0.15, 0.2) is 18.2 Å². The summed E-state index contributed by atoms with van der Waals surface area (Å²) in [5.74, 6) is -7.04. The molecule has 0 amide bonds. The molecule has 2 N–H and O–H groups in total. The standard InChI is InChI=1S/C16H24F2N2.2C2HF3O2/c1-19(11-12-20-8-3-2-4-9-20)10-7-14-5-6-15(17)16(18)13-14;2*3-2(4,5)1(6)7/h5-6,13H,2-4,7-12H2,1H3;2*(H,6,7). The Hall–Kier alpha value is -2.48. The molecule has 0 bridgehead atoms. The van der Waals surface area contributed by atoms with Gasteiger partial charge in [-0.3, -0.25) is 0 Å². The number of likely N-dealkylation sites (N-methyl/N-ethyl adjacent to an activating group) is 1. The molecule has 1 fully saturated rings. The molecule has 14 heteroatoms. The number of carboxylic acids is 2. The number of aliphatic carboxylic acids is 2. The molecule has 1 aromatic rings. The van der Waals surface area contributed by atoms with Crippen LogP contribution in [-0.4, -0.2) is 84.1 Å². The number of rotatable bonds is 6. The summed E-state index contributed by atoms with van der Waals surface area (Å²) < 4.78 is 89.4. The van der Waals surface area contributed by atoms with Crippen LogP contribution in [0.3, 0.4) is 0 Å². The molecule has 0 aromatic heterocycles. The van der Waals surface area contributed by atoms with Gasteiger partial charge in [-0.1, -0.05) is 12.5 Å². The van der Waals surface area contributed by atoms with Crippen LogP contribution in [0.1, 0.15) is 24.8 Å². The van der Waals surface area contributed by atoms with Crippen molar-refractivity contribution in [1.82, 2.24) is 9.80 Å². The van der Waals surface area contributed by atoms with Gasteiger partial charge in [-0.15, -0.1) is 0 Å². The van der Waals surface area contributed by atoms with Crippen molar-refractivity contribution >= 4 is 11.9 Å². The summed E-state index contributed by atoms with van der Waals surface area (Å²) >= 11 is 0. The molecule has 1 aliphatic rings. The zero-order valence-electron chi connectivity index (χ0n) is 18.2. The SMILES string of the molecule is CN(CCc1ccc(F)c(F)c1)CCN1CCCCC1.O=C(O)C(F)(F)F.O=C(O)C(F)(F)F. The number of carboxylic acid groups (broad SMARTS) is 2. The highest BCUT2D eigenvalue weighted by Crippen LogP contribution is 2.14. The van der Waals surface area contributed by atoms with Crippen LogP contribution in [0, 0.1) is 11.6 Å². The number of alkyl halides is 6. The fourth-order valence-corrected chi connectivity index (χ4v) is 2.62. The van der Waals surface area contributed by atoms with E-state index in [0.717, 1.165) is 31.6 Å². The minimum absolute atomic E-state index is 0.751. The predicted octanol–water partition coefficient (Wildman–Crippen LogP) is 4.19. The third kappa shape index (κ3) is 14.6. The van der Waals surface area contributed by atoms with E-state index in [1.807, 2.05) is 0 Å². The van der Waals surface area contributed by atoms with Crippen molar-refractivity contribution in [2.24, 2.45) is 0 Å². The van der Waals surface area contributed by atoms with Gasteiger partial charge in [0, 0.05) is 19.6 Å². The van der Waals surface area contributed by atoms with Crippen molar-refractivity contribution < 1.29 is 54.9 Å². The highest BCUT2D eigenvalue weighted by Gasteiger charge is 2.38. The van der Waals surface area contributed by atoms with Crippen LogP contribution < -0.4 is 0 Å². The summed E-state index contributed by atoms with van der Waals surface area (Å²) in [6.45, 7) is 5.45. The number of halogens is 8. The fraction of sp³-hybridized carbons (Fsp3) is 0.600. The number of piperidine rings is 1. The van der Waals surface area contributed by atoms with Gasteiger partial charge in [0.25, 0.3) is 0 Å². The van der Waals surface area contributed by atoms with Gasteiger partial charge >= 0.3 is 24.3 Å². The van der Waals surface area contributed by atoms with Crippen LogP contribution in [0.2, 0.25) is 0 Å². The summed E-state index contributed by atoms with van der Waals surface area (Å²) in [5.41, 5.74) is 0.855. The number of hydrogen-bond donors (Lipinski definition) is 2. The second-order valence-corrected chi connectivity index (χ2v) is 7.31. The first-order valence-corrected chi connectivity index (χ1v) is 9.99. The molecule has 0 unspecified atom stereocenters. The zero-order valence-corrected chi connectivity index (χ0v) is 18.2. The Morgan fingerprint density at radius 3 is 1.76 bits per heavy atom. The molecule has 0 saturated carbocycles. The molecule has 1 aromatic carbocycles. The summed E-state index contributed by atoms with van der Waals surface area (Å²) in [5, 5.41) is 14.2. The maximum Gasteiger partial charge on any atom is 0.490 e. The van der Waals surface area contributed by atoms with E-state index >= 15 is 0 Å². The maximum atomic E-state index is 13.1. The normalized spacial score (nSPS) is 14.5. The number of benzene rings is 1. The van der Waals surface area contributed by atoms with E-state index in [1.54, 1.807) is 6.07 Å². The number of carbonyl (C=O) groups is 2. The third-order valence-electron chi connectivity index (χ3n) is 4.50. The lowest BCUT2D eigenvalue weighted by atomic mass is 10.1. The van der Waals surface area contributed by atoms with Gasteiger partial charge in [0.2, 0.25) is 0 Å². The third-order valence-corrected chi connectivity index (χ3v) is 4.50. The van der Waals surface area contributed by atoms with E-state index in [1.165, 1.54) is 44.5 Å². The number of nitrogens with zero attached hydrogens (tertiary/aromatic N) is 2. The lowest BCUT2D eigenvalue weighted by Gasteiger charge is -2.28. The minimum Gasteiger partial charge on any atom is -0.475 e. The van der Waals surface area contributed by atoms with Crippen LogP contribution >= 0.6 is 0 Å². The van der Waals surface area contributed by atoms with Crippen molar-refractivity contribution in [3.05, 3.63) is 35.4 Å². The molecule has 0 spiro atoms. The smallest absolute Gasteiger partial charge is 0.475 e. The van der Waals surface area contributed by atoms with Crippen molar-refractivity contribution in [3.63, 3.8) is 0 Å². The Morgan fingerprint density at radius 2 is 1.35 bits per heavy atom. The van der Waals surface area contributed by atoms with Gasteiger partial charge in [0.15, 0.2) is 11.6 Å². The summed E-state index contributed by atoms with van der Waals surface area (Å²) in [6.07, 6.45) is -5.41. The monoisotopic (exact) mass is 510 g/mol. The van der Waals surface area contributed by atoms with Crippen molar-refractivity contribution in [1.29, 1.82) is 0 Å². The molecule has 0 atom stereocenters. The van der Waals surface area contributed by atoms with E-state index in [4.69, 9.17) is 19.8 Å². The van der Waals surface area contributed by atoms with Gasteiger partial charge in [0.1, 0.15) is 0 Å². The molecule has 34 heavy (non-hydrogen) atoms. The summed E-state index contributed by atoms with van der Waals surface area (Å²) in [4.78, 5) is 22.6. The van der Waals surface area contributed by atoms with Gasteiger partial charge in [-0.05, 0) is 57.1 Å². The molecular formula is C20H26F8N2O4. The second kappa shape index (κ2) is 14.7. The van der Waals surface area contributed by atoms with E-state index in [-0.39, 0.29) is 0 Å². The van der Waals surface area contributed by atoms with Gasteiger partial charge in [-0.2, -0.15) is 26.3 Å². The summed E-state index contributed by atoms with van der Waals surface area (Å²) in [7, 11) is 2.09. The maximum absolute atomic E-state index is 13.1. The van der Waals surface area contributed by atoms with E-state index in [0.29, 0.717) is 0 Å². The molecule has 196 valence electrons. The largest absolute Gasteiger partial charge is 0.490 e. The Bertz CT molecular complexity index is 742. The molecule has 1 heterocycles. The summed E-state index contributed by atoms with van der Waals surface area (Å²) in [6, 6.07) is 4.17. The van der Waals surface area contributed by atoms with Crippen molar-refractivity contribution in [2.45, 2.75) is 38.0 Å². The molecule has 6 nitrogen and oxygen atoms in total. The molecule has 0 radical (unpaired) electrons. The Labute approximate surface area is 190 Å². The Kier molecular flexibility index (Phi) is 13.6. The fourth-order valence-electron chi connectivity index (χ4n) is 2.62. The predicted molar refractivity (Wildman–Crippen MR) is 105 cm³/mol. The molecule has 1 aliphatic heterocycles. The Balaban J connectivity index is 0.000000642. The minimum atomic E-state index is -5.08. The second-order valence-electron chi connectivity index (χ2n) is 7.31. The lowest BCUT2D eigenvalue weighted by molar-refractivity contribution is -0.193. The van der Waals surface area contributed by atoms with Gasteiger partial charge in [-0.25, -0.2) is 18.4 Å². The average Bonchev–Trinajstić information content (AvgIpc) is 2.73. The van der Waals surface area contributed by atoms with Crippen LogP contribution in [-0.2, 0) is 16.0 Å². The van der Waals surface area contributed by atoms with Crippen LogP contribution in [0.4, 0.5) is 35.1 Å². The van der Waals surface area contributed by atoms with E-state index < -0.39 is 35.9 Å². The number of hydrogen-bond acceptors (Lipinski definition) is 4. The average molecular weight is 510 g/mol. The highest BCUT2D eigenvalue weighted by atomic mass is 19.4.